The molecule has 2 fully saturated rings. The molecule has 3 rings (SSSR count). The number of likely N-dealkylation sites (tertiary alicyclic amines) is 1. The number of carbonyl (C=O) groups is 2. The van der Waals surface area contributed by atoms with E-state index in [0.29, 0.717) is 19.3 Å². The summed E-state index contributed by atoms with van der Waals surface area (Å²) in [6.45, 7) is 3.37. The number of piperidine rings is 1. The Kier molecular flexibility index (Phi) is 8.07. The molecule has 27 heavy (non-hydrogen) atoms. The minimum atomic E-state index is -0.744. The molecule has 2 N–H and O–H groups in total. The van der Waals surface area contributed by atoms with E-state index in [-0.39, 0.29) is 24.2 Å². The van der Waals surface area contributed by atoms with Crippen LogP contribution >= 0.6 is 12.4 Å². The third-order valence-corrected chi connectivity index (χ3v) is 5.51. The van der Waals surface area contributed by atoms with Gasteiger partial charge in [-0.2, -0.15) is 0 Å². The van der Waals surface area contributed by atoms with Crippen LogP contribution in [0.15, 0.2) is 24.3 Å². The molecule has 0 aliphatic carbocycles. The number of anilines is 1. The summed E-state index contributed by atoms with van der Waals surface area (Å²) >= 11 is 0. The second-order valence-corrected chi connectivity index (χ2v) is 7.19. The third kappa shape index (κ3) is 5.43. The standard InChI is InChI=1S/C20H29N3O3.ClH/c1-26-20(10-12-21-13-11-20)19(25)22-17-7-4-16(5-8-17)6-9-18(24)23-14-2-3-15-23;/h4-5,7-8,21H,2-3,6,9-15H2,1H3,(H,22,25);1H. The lowest BCUT2D eigenvalue weighted by molar-refractivity contribution is -0.140. The zero-order valence-electron chi connectivity index (χ0n) is 16.0. The number of methoxy groups -OCH3 is 1. The summed E-state index contributed by atoms with van der Waals surface area (Å²) < 4.78 is 5.56. The van der Waals surface area contributed by atoms with Crippen molar-refractivity contribution in [2.75, 3.05) is 38.6 Å². The Morgan fingerprint density at radius 1 is 1.15 bits per heavy atom. The van der Waals surface area contributed by atoms with Crippen LogP contribution < -0.4 is 10.6 Å². The van der Waals surface area contributed by atoms with Crippen molar-refractivity contribution in [2.24, 2.45) is 0 Å². The second-order valence-electron chi connectivity index (χ2n) is 7.19. The molecule has 0 bridgehead atoms. The van der Waals surface area contributed by atoms with Crippen LogP contribution in [0.25, 0.3) is 0 Å². The van der Waals surface area contributed by atoms with Crippen LogP contribution in [0.5, 0.6) is 0 Å². The summed E-state index contributed by atoms with van der Waals surface area (Å²) in [5.41, 5.74) is 1.13. The van der Waals surface area contributed by atoms with Crippen molar-refractivity contribution in [3.8, 4) is 0 Å². The van der Waals surface area contributed by atoms with E-state index >= 15 is 0 Å². The number of ether oxygens (including phenoxy) is 1. The van der Waals surface area contributed by atoms with Crippen LogP contribution in [-0.2, 0) is 20.7 Å². The van der Waals surface area contributed by atoms with Gasteiger partial charge in [0, 0.05) is 32.3 Å². The van der Waals surface area contributed by atoms with Gasteiger partial charge in [0.1, 0.15) is 5.60 Å². The molecule has 0 radical (unpaired) electrons. The van der Waals surface area contributed by atoms with Crippen molar-refractivity contribution >= 4 is 29.9 Å². The number of aryl methyl sites for hydroxylation is 1. The van der Waals surface area contributed by atoms with E-state index in [9.17, 15) is 9.59 Å². The van der Waals surface area contributed by atoms with Crippen LogP contribution in [-0.4, -0.2) is 55.6 Å². The summed E-state index contributed by atoms with van der Waals surface area (Å²) in [5.74, 6) is 0.159. The summed E-state index contributed by atoms with van der Waals surface area (Å²) in [6.07, 6.45) is 4.87. The summed E-state index contributed by atoms with van der Waals surface area (Å²) in [5, 5.41) is 6.23. The average Bonchev–Trinajstić information content (AvgIpc) is 3.22. The Morgan fingerprint density at radius 2 is 1.78 bits per heavy atom. The number of rotatable bonds is 6. The number of nitrogens with zero attached hydrogens (tertiary/aromatic N) is 1. The van der Waals surface area contributed by atoms with Gasteiger partial charge in [-0.25, -0.2) is 0 Å². The molecule has 1 aromatic carbocycles. The fourth-order valence-corrected chi connectivity index (χ4v) is 3.73. The molecule has 0 unspecified atom stereocenters. The number of amides is 2. The minimum Gasteiger partial charge on any atom is -0.368 e. The van der Waals surface area contributed by atoms with E-state index in [1.807, 2.05) is 29.2 Å². The van der Waals surface area contributed by atoms with Gasteiger partial charge >= 0.3 is 0 Å². The molecule has 2 amide bonds. The average molecular weight is 396 g/mol. The largest absolute Gasteiger partial charge is 0.368 e. The minimum absolute atomic E-state index is 0. The van der Waals surface area contributed by atoms with Crippen molar-refractivity contribution in [3.63, 3.8) is 0 Å². The Balaban J connectivity index is 0.00000261. The highest BCUT2D eigenvalue weighted by Crippen LogP contribution is 2.24. The predicted octanol–water partition coefficient (Wildman–Crippen LogP) is 2.37. The highest BCUT2D eigenvalue weighted by Gasteiger charge is 2.39. The van der Waals surface area contributed by atoms with Crippen LogP contribution in [0, 0.1) is 0 Å². The number of halogens is 1. The van der Waals surface area contributed by atoms with Crippen LogP contribution in [0.1, 0.15) is 37.7 Å². The van der Waals surface area contributed by atoms with Gasteiger partial charge in [0.2, 0.25) is 5.91 Å². The molecular weight excluding hydrogens is 366 g/mol. The maximum Gasteiger partial charge on any atom is 0.256 e. The molecule has 2 aliphatic heterocycles. The van der Waals surface area contributed by atoms with E-state index in [0.717, 1.165) is 56.7 Å². The van der Waals surface area contributed by atoms with E-state index in [2.05, 4.69) is 10.6 Å². The number of carbonyl (C=O) groups excluding carboxylic acids is 2. The van der Waals surface area contributed by atoms with Crippen LogP contribution in [0.2, 0.25) is 0 Å². The lowest BCUT2D eigenvalue weighted by Crippen LogP contribution is -2.51. The first kappa shape index (κ1) is 21.7. The van der Waals surface area contributed by atoms with Crippen LogP contribution in [0.3, 0.4) is 0 Å². The molecule has 6 nitrogen and oxygen atoms in total. The fraction of sp³-hybridized carbons (Fsp3) is 0.600. The molecule has 0 spiro atoms. The maximum absolute atomic E-state index is 12.7. The van der Waals surface area contributed by atoms with E-state index < -0.39 is 5.60 Å². The summed E-state index contributed by atoms with van der Waals surface area (Å²) in [7, 11) is 1.60. The molecule has 150 valence electrons. The Labute approximate surface area is 167 Å². The number of hydrogen-bond donors (Lipinski definition) is 2. The van der Waals surface area contributed by atoms with Gasteiger partial charge in [0.05, 0.1) is 0 Å². The molecule has 1 aromatic rings. The zero-order chi connectivity index (χ0) is 18.4. The SMILES string of the molecule is COC1(C(=O)Nc2ccc(CCC(=O)N3CCCC3)cc2)CCNCC1.Cl. The van der Waals surface area contributed by atoms with Gasteiger partial charge in [-0.15, -0.1) is 12.4 Å². The highest BCUT2D eigenvalue weighted by atomic mass is 35.5. The molecule has 2 saturated heterocycles. The second kappa shape index (κ2) is 10.1. The normalized spacial score (nSPS) is 18.6. The summed E-state index contributed by atoms with van der Waals surface area (Å²) in [4.78, 5) is 26.7. The first-order valence-electron chi connectivity index (χ1n) is 9.57. The fourth-order valence-electron chi connectivity index (χ4n) is 3.73. The molecule has 2 aliphatic rings. The number of nitrogens with one attached hydrogen (secondary N) is 2. The topological polar surface area (TPSA) is 70.7 Å². The lowest BCUT2D eigenvalue weighted by Gasteiger charge is -2.34. The van der Waals surface area contributed by atoms with Gasteiger partial charge in [-0.3, -0.25) is 9.59 Å². The van der Waals surface area contributed by atoms with Gasteiger partial charge in [-0.05, 0) is 62.9 Å². The Bertz CT molecular complexity index is 624. The van der Waals surface area contributed by atoms with Crippen LogP contribution in [0.4, 0.5) is 5.69 Å². The van der Waals surface area contributed by atoms with E-state index in [4.69, 9.17) is 4.74 Å². The van der Waals surface area contributed by atoms with Crippen molar-refractivity contribution in [1.82, 2.24) is 10.2 Å². The molecule has 2 heterocycles. The van der Waals surface area contributed by atoms with Gasteiger partial charge in [0.25, 0.3) is 5.91 Å². The molecule has 0 aromatic heterocycles. The smallest absolute Gasteiger partial charge is 0.256 e. The van der Waals surface area contributed by atoms with E-state index in [1.165, 1.54) is 0 Å². The zero-order valence-corrected chi connectivity index (χ0v) is 16.8. The summed E-state index contributed by atoms with van der Waals surface area (Å²) in [6, 6.07) is 7.76. The maximum atomic E-state index is 12.7. The number of hydrogen-bond acceptors (Lipinski definition) is 4. The number of benzene rings is 1. The lowest BCUT2D eigenvalue weighted by atomic mass is 9.91. The monoisotopic (exact) mass is 395 g/mol. The predicted molar refractivity (Wildman–Crippen MR) is 108 cm³/mol. The molecule has 0 saturated carbocycles. The molecule has 0 atom stereocenters. The Hall–Kier alpha value is -1.63. The van der Waals surface area contributed by atoms with Gasteiger partial charge < -0.3 is 20.3 Å². The first-order chi connectivity index (χ1) is 12.6. The van der Waals surface area contributed by atoms with Crippen molar-refractivity contribution in [3.05, 3.63) is 29.8 Å². The highest BCUT2D eigenvalue weighted by molar-refractivity contribution is 5.97. The third-order valence-electron chi connectivity index (χ3n) is 5.51. The first-order valence-corrected chi connectivity index (χ1v) is 9.57. The van der Waals surface area contributed by atoms with Crippen molar-refractivity contribution < 1.29 is 14.3 Å². The Morgan fingerprint density at radius 3 is 2.37 bits per heavy atom. The molecule has 7 heteroatoms. The van der Waals surface area contributed by atoms with Crippen molar-refractivity contribution in [2.45, 2.75) is 44.1 Å². The van der Waals surface area contributed by atoms with Gasteiger partial charge in [0.15, 0.2) is 0 Å². The van der Waals surface area contributed by atoms with Gasteiger partial charge in [-0.1, -0.05) is 12.1 Å². The molecular formula is C20H30ClN3O3. The van der Waals surface area contributed by atoms with Crippen molar-refractivity contribution in [1.29, 1.82) is 0 Å². The quantitative estimate of drug-likeness (QED) is 0.775. The van der Waals surface area contributed by atoms with E-state index in [1.54, 1.807) is 7.11 Å².